The SMILES string of the molecule is CCCCCCCCOc1ccc(C2CC(=O)Oc3cc(C)oc(=O)c32)cc1. The van der Waals surface area contributed by atoms with Gasteiger partial charge < -0.3 is 13.9 Å². The molecule has 0 spiro atoms. The lowest BCUT2D eigenvalue weighted by atomic mass is 9.87. The first kappa shape index (κ1) is 20.2. The van der Waals surface area contributed by atoms with Crippen molar-refractivity contribution in [2.75, 3.05) is 6.61 Å². The molecular weight excluding hydrogens is 356 g/mol. The van der Waals surface area contributed by atoms with E-state index in [1.807, 2.05) is 24.3 Å². The minimum atomic E-state index is -0.448. The summed E-state index contributed by atoms with van der Waals surface area (Å²) in [6, 6.07) is 9.19. The highest BCUT2D eigenvalue weighted by Gasteiger charge is 2.32. The maximum atomic E-state index is 12.3. The number of fused-ring (bicyclic) bond motifs is 1. The monoisotopic (exact) mass is 384 g/mol. The van der Waals surface area contributed by atoms with Crippen molar-refractivity contribution in [3.63, 3.8) is 0 Å². The van der Waals surface area contributed by atoms with Gasteiger partial charge in [0.15, 0.2) is 0 Å². The number of carbonyl (C=O) groups excluding carboxylic acids is 1. The quantitative estimate of drug-likeness (QED) is 0.443. The molecule has 0 amide bonds. The van der Waals surface area contributed by atoms with Gasteiger partial charge in [0.25, 0.3) is 0 Å². The number of hydrogen-bond donors (Lipinski definition) is 0. The summed E-state index contributed by atoms with van der Waals surface area (Å²) >= 11 is 0. The van der Waals surface area contributed by atoms with E-state index in [4.69, 9.17) is 13.9 Å². The molecule has 0 bridgehead atoms. The first-order chi connectivity index (χ1) is 13.6. The number of rotatable bonds is 9. The number of benzene rings is 1. The minimum absolute atomic E-state index is 0.124. The maximum Gasteiger partial charge on any atom is 0.343 e. The van der Waals surface area contributed by atoms with Gasteiger partial charge in [0.1, 0.15) is 17.3 Å². The van der Waals surface area contributed by atoms with Crippen LogP contribution in [0.4, 0.5) is 0 Å². The molecule has 150 valence electrons. The van der Waals surface area contributed by atoms with E-state index in [0.29, 0.717) is 23.7 Å². The van der Waals surface area contributed by atoms with Gasteiger partial charge in [0.2, 0.25) is 0 Å². The Morgan fingerprint density at radius 2 is 1.75 bits per heavy atom. The molecule has 1 aromatic carbocycles. The molecule has 28 heavy (non-hydrogen) atoms. The predicted molar refractivity (Wildman–Crippen MR) is 107 cm³/mol. The minimum Gasteiger partial charge on any atom is -0.494 e. The van der Waals surface area contributed by atoms with Gasteiger partial charge in [-0.05, 0) is 31.0 Å². The average molecular weight is 384 g/mol. The molecule has 0 aliphatic carbocycles. The molecule has 0 N–H and O–H groups in total. The van der Waals surface area contributed by atoms with E-state index < -0.39 is 5.63 Å². The third kappa shape index (κ3) is 5.03. The molecule has 2 aromatic rings. The van der Waals surface area contributed by atoms with Crippen molar-refractivity contribution in [2.45, 2.75) is 64.7 Å². The zero-order chi connectivity index (χ0) is 19.9. The van der Waals surface area contributed by atoms with E-state index in [9.17, 15) is 9.59 Å². The molecule has 1 aromatic heterocycles. The van der Waals surface area contributed by atoms with E-state index in [0.717, 1.165) is 17.7 Å². The van der Waals surface area contributed by atoms with E-state index >= 15 is 0 Å². The third-order valence-electron chi connectivity index (χ3n) is 5.07. The van der Waals surface area contributed by atoms with Crippen LogP contribution in [0, 0.1) is 6.92 Å². The standard InChI is InChI=1S/C23H28O5/c1-3-4-5-6-7-8-13-26-18-11-9-17(10-12-18)19-15-21(24)28-20-14-16(2)27-23(25)22(19)20/h9-12,14,19H,3-8,13,15H2,1-2H3. The summed E-state index contributed by atoms with van der Waals surface area (Å²) in [4.78, 5) is 24.3. The molecule has 1 atom stereocenters. The van der Waals surface area contributed by atoms with Crippen molar-refractivity contribution < 1.29 is 18.7 Å². The Hall–Kier alpha value is -2.56. The number of aryl methyl sites for hydroxylation is 1. The van der Waals surface area contributed by atoms with Gasteiger partial charge in [-0.3, -0.25) is 4.79 Å². The topological polar surface area (TPSA) is 65.7 Å². The molecule has 1 aliphatic heterocycles. The zero-order valence-electron chi connectivity index (χ0n) is 16.7. The van der Waals surface area contributed by atoms with Gasteiger partial charge in [0.05, 0.1) is 18.6 Å². The summed E-state index contributed by atoms with van der Waals surface area (Å²) in [6.07, 6.45) is 7.48. The Kier molecular flexibility index (Phi) is 6.90. The third-order valence-corrected chi connectivity index (χ3v) is 5.07. The van der Waals surface area contributed by atoms with Crippen LogP contribution < -0.4 is 15.1 Å². The molecule has 2 heterocycles. The molecule has 0 fully saturated rings. The fourth-order valence-corrected chi connectivity index (χ4v) is 3.58. The number of unbranched alkanes of at least 4 members (excludes halogenated alkanes) is 5. The van der Waals surface area contributed by atoms with Crippen molar-refractivity contribution in [3.05, 3.63) is 57.6 Å². The van der Waals surface area contributed by atoms with Gasteiger partial charge in [-0.1, -0.05) is 51.2 Å². The number of ether oxygens (including phenoxy) is 2. The lowest BCUT2D eigenvalue weighted by molar-refractivity contribution is -0.135. The van der Waals surface area contributed by atoms with Crippen molar-refractivity contribution >= 4 is 5.97 Å². The Morgan fingerprint density at radius 1 is 1.04 bits per heavy atom. The summed E-state index contributed by atoms with van der Waals surface area (Å²) < 4.78 is 16.3. The van der Waals surface area contributed by atoms with Crippen molar-refractivity contribution in [1.29, 1.82) is 0 Å². The highest BCUT2D eigenvalue weighted by molar-refractivity contribution is 5.77. The second-order valence-electron chi connectivity index (χ2n) is 7.34. The largest absolute Gasteiger partial charge is 0.494 e. The summed E-state index contributed by atoms with van der Waals surface area (Å²) in [5.74, 6) is 0.826. The van der Waals surface area contributed by atoms with Gasteiger partial charge in [-0.25, -0.2) is 4.79 Å². The first-order valence-electron chi connectivity index (χ1n) is 10.2. The molecule has 5 nitrogen and oxygen atoms in total. The van der Waals surface area contributed by atoms with Crippen LogP contribution in [0.2, 0.25) is 0 Å². The van der Waals surface area contributed by atoms with Crippen LogP contribution in [0.25, 0.3) is 0 Å². The molecule has 0 saturated heterocycles. The van der Waals surface area contributed by atoms with Gasteiger partial charge in [-0.15, -0.1) is 0 Å². The second kappa shape index (κ2) is 9.58. The Balaban J connectivity index is 1.63. The van der Waals surface area contributed by atoms with Crippen LogP contribution in [0.5, 0.6) is 11.5 Å². The molecule has 0 saturated carbocycles. The van der Waals surface area contributed by atoms with Crippen LogP contribution in [-0.4, -0.2) is 12.6 Å². The lowest BCUT2D eigenvalue weighted by Crippen LogP contribution is -2.26. The first-order valence-corrected chi connectivity index (χ1v) is 10.2. The molecular formula is C23H28O5. The van der Waals surface area contributed by atoms with Crippen LogP contribution >= 0.6 is 0 Å². The van der Waals surface area contributed by atoms with Crippen LogP contribution in [0.15, 0.2) is 39.5 Å². The van der Waals surface area contributed by atoms with Crippen molar-refractivity contribution in [1.82, 2.24) is 0 Å². The van der Waals surface area contributed by atoms with Gasteiger partial charge in [0, 0.05) is 12.0 Å². The summed E-state index contributed by atoms with van der Waals surface area (Å²) in [7, 11) is 0. The number of hydrogen-bond acceptors (Lipinski definition) is 5. The molecule has 1 aliphatic rings. The van der Waals surface area contributed by atoms with E-state index in [1.54, 1.807) is 13.0 Å². The normalized spacial score (nSPS) is 15.8. The maximum absolute atomic E-state index is 12.3. The second-order valence-corrected chi connectivity index (χ2v) is 7.34. The lowest BCUT2D eigenvalue weighted by Gasteiger charge is -2.23. The number of esters is 1. The van der Waals surface area contributed by atoms with E-state index in [-0.39, 0.29) is 18.3 Å². The predicted octanol–water partition coefficient (Wildman–Crippen LogP) is 5.13. The smallest absolute Gasteiger partial charge is 0.343 e. The van der Waals surface area contributed by atoms with E-state index in [2.05, 4.69) is 6.92 Å². The fourth-order valence-electron chi connectivity index (χ4n) is 3.58. The number of carbonyl (C=O) groups is 1. The molecule has 1 unspecified atom stereocenters. The summed E-state index contributed by atoms with van der Waals surface area (Å²) in [6.45, 7) is 4.58. The van der Waals surface area contributed by atoms with Crippen LogP contribution in [-0.2, 0) is 4.79 Å². The average Bonchev–Trinajstić information content (AvgIpc) is 2.66. The Morgan fingerprint density at radius 3 is 2.50 bits per heavy atom. The van der Waals surface area contributed by atoms with Crippen LogP contribution in [0.3, 0.4) is 0 Å². The molecule has 0 radical (unpaired) electrons. The van der Waals surface area contributed by atoms with Crippen molar-refractivity contribution in [3.8, 4) is 11.5 Å². The van der Waals surface area contributed by atoms with E-state index in [1.165, 1.54) is 32.1 Å². The Bertz CT molecular complexity index is 850. The highest BCUT2D eigenvalue weighted by atomic mass is 16.5. The summed E-state index contributed by atoms with van der Waals surface area (Å²) in [5.41, 5.74) is 0.836. The van der Waals surface area contributed by atoms with Crippen molar-refractivity contribution in [2.24, 2.45) is 0 Å². The fraction of sp³-hybridized carbons (Fsp3) is 0.478. The summed E-state index contributed by atoms with van der Waals surface area (Å²) in [5, 5.41) is 0. The van der Waals surface area contributed by atoms with Crippen LogP contribution in [0.1, 0.15) is 74.7 Å². The van der Waals surface area contributed by atoms with Gasteiger partial charge in [-0.2, -0.15) is 0 Å². The highest BCUT2D eigenvalue weighted by Crippen LogP contribution is 2.37. The Labute approximate surface area is 165 Å². The zero-order valence-corrected chi connectivity index (χ0v) is 16.7. The van der Waals surface area contributed by atoms with Gasteiger partial charge >= 0.3 is 11.6 Å². The molecule has 5 heteroatoms. The molecule has 3 rings (SSSR count).